The zero-order chi connectivity index (χ0) is 23.1. The molecular weight excluding hydrogens is 422 g/mol. The van der Waals surface area contributed by atoms with Gasteiger partial charge in [0.05, 0.1) is 12.2 Å². The maximum atomic E-state index is 12.8. The number of unbranched alkanes of at least 4 members (excludes halogenated alkanes) is 1. The average Bonchev–Trinajstić information content (AvgIpc) is 3.12. The van der Waals surface area contributed by atoms with Crippen molar-refractivity contribution in [2.24, 2.45) is 5.92 Å². The van der Waals surface area contributed by atoms with Crippen LogP contribution in [0.2, 0.25) is 0 Å². The van der Waals surface area contributed by atoms with Gasteiger partial charge < -0.3 is 18.9 Å². The maximum absolute atomic E-state index is 12.8. The number of ether oxygens (including phenoxy) is 4. The molecule has 2 aliphatic heterocycles. The fraction of sp³-hybridized carbons (Fsp3) is 0.591. The van der Waals surface area contributed by atoms with E-state index in [2.05, 4.69) is 0 Å². The van der Waals surface area contributed by atoms with Gasteiger partial charge in [0.15, 0.2) is 6.29 Å². The van der Waals surface area contributed by atoms with E-state index in [9.17, 15) is 14.4 Å². The summed E-state index contributed by atoms with van der Waals surface area (Å²) in [6.07, 6.45) is -0.996. The van der Waals surface area contributed by atoms with E-state index in [1.54, 1.807) is 37.3 Å². The van der Waals surface area contributed by atoms with Crippen molar-refractivity contribution in [3.63, 3.8) is 0 Å². The summed E-state index contributed by atoms with van der Waals surface area (Å²) >= 11 is 0. The van der Waals surface area contributed by atoms with E-state index in [1.807, 2.05) is 6.92 Å². The molecule has 10 heteroatoms. The van der Waals surface area contributed by atoms with Gasteiger partial charge in [0.2, 0.25) is 6.29 Å². The summed E-state index contributed by atoms with van der Waals surface area (Å²) < 4.78 is 21.9. The van der Waals surface area contributed by atoms with Crippen LogP contribution < -0.4 is 0 Å². The molecule has 32 heavy (non-hydrogen) atoms. The lowest BCUT2D eigenvalue weighted by molar-refractivity contribution is -0.454. The number of esters is 3. The number of hydrogen-bond acceptors (Lipinski definition) is 10. The van der Waals surface area contributed by atoms with Crippen LogP contribution in [0.4, 0.5) is 0 Å². The normalized spacial score (nSPS) is 27.4. The van der Waals surface area contributed by atoms with Crippen molar-refractivity contribution in [3.05, 3.63) is 35.9 Å². The van der Waals surface area contributed by atoms with Gasteiger partial charge in [-0.25, -0.2) is 14.5 Å². The minimum Gasteiger partial charge on any atom is -0.466 e. The fourth-order valence-electron chi connectivity index (χ4n) is 3.58. The Kier molecular flexibility index (Phi) is 8.57. The number of nitrogens with zero attached hydrogens (tertiary/aromatic N) is 1. The van der Waals surface area contributed by atoms with Crippen molar-refractivity contribution in [2.45, 2.75) is 64.8 Å². The third-order valence-electron chi connectivity index (χ3n) is 5.05. The molecular formula is C22H29NO9. The van der Waals surface area contributed by atoms with Crippen LogP contribution >= 0.6 is 0 Å². The molecule has 0 N–H and O–H groups in total. The Morgan fingerprint density at radius 1 is 1.09 bits per heavy atom. The van der Waals surface area contributed by atoms with Crippen molar-refractivity contribution >= 4 is 17.9 Å². The Labute approximate surface area is 186 Å². The largest absolute Gasteiger partial charge is 0.466 e. The molecule has 2 aliphatic rings. The highest BCUT2D eigenvalue weighted by Crippen LogP contribution is 2.39. The number of carbonyl (C=O) groups is 3. The molecule has 1 aromatic carbocycles. The summed E-state index contributed by atoms with van der Waals surface area (Å²) in [6.45, 7) is 5.45. The van der Waals surface area contributed by atoms with Gasteiger partial charge in [0.1, 0.15) is 18.1 Å². The summed E-state index contributed by atoms with van der Waals surface area (Å²) in [5, 5.41) is 1.04. The Bertz CT molecular complexity index is 787. The standard InChI is InChI=1S/C22H29NO9/c1-4-6-12-28-17-13-16(30-20(25)15-10-8-7-9-11-15)19-18(21(26)27-5-2)22(29-14(3)24)32-23(19)31-17/h7-11,16-19,22H,4-6,12-13H2,1-3H3/t16-,17-,18+,19-,22+/m0/s1. The lowest BCUT2D eigenvalue weighted by Gasteiger charge is -2.38. The minimum absolute atomic E-state index is 0.118. The van der Waals surface area contributed by atoms with Gasteiger partial charge in [0.25, 0.3) is 0 Å². The molecule has 2 fully saturated rings. The Hall–Kier alpha value is -2.53. The van der Waals surface area contributed by atoms with E-state index in [0.717, 1.165) is 18.1 Å². The molecule has 176 valence electrons. The Morgan fingerprint density at radius 3 is 2.50 bits per heavy atom. The Morgan fingerprint density at radius 2 is 1.84 bits per heavy atom. The first-order valence-electron chi connectivity index (χ1n) is 10.8. The van der Waals surface area contributed by atoms with Crippen LogP contribution in [0.3, 0.4) is 0 Å². The zero-order valence-corrected chi connectivity index (χ0v) is 18.4. The van der Waals surface area contributed by atoms with Gasteiger partial charge in [0, 0.05) is 20.0 Å². The molecule has 2 saturated heterocycles. The van der Waals surface area contributed by atoms with E-state index in [1.165, 1.54) is 6.92 Å². The van der Waals surface area contributed by atoms with Crippen LogP contribution in [0, 0.1) is 5.92 Å². The molecule has 0 radical (unpaired) electrons. The lowest BCUT2D eigenvalue weighted by atomic mass is 9.92. The number of hydroxylamine groups is 2. The second-order valence-electron chi connectivity index (χ2n) is 7.44. The highest BCUT2D eigenvalue weighted by Gasteiger charge is 2.59. The molecule has 0 bridgehead atoms. The molecule has 1 aromatic rings. The molecule has 0 aromatic heterocycles. The van der Waals surface area contributed by atoms with Crippen molar-refractivity contribution < 1.29 is 43.0 Å². The van der Waals surface area contributed by atoms with E-state index in [0.29, 0.717) is 12.2 Å². The van der Waals surface area contributed by atoms with Crippen LogP contribution in [0.1, 0.15) is 50.4 Å². The summed E-state index contributed by atoms with van der Waals surface area (Å²) in [5.74, 6) is -2.94. The van der Waals surface area contributed by atoms with Gasteiger partial charge >= 0.3 is 17.9 Å². The second-order valence-corrected chi connectivity index (χ2v) is 7.44. The number of rotatable bonds is 9. The van der Waals surface area contributed by atoms with E-state index < -0.39 is 48.6 Å². The predicted molar refractivity (Wildman–Crippen MR) is 108 cm³/mol. The van der Waals surface area contributed by atoms with Crippen LogP contribution in [0.25, 0.3) is 0 Å². The van der Waals surface area contributed by atoms with Crippen LogP contribution in [0.5, 0.6) is 0 Å². The molecule has 2 heterocycles. The summed E-state index contributed by atoms with van der Waals surface area (Å²) in [5.41, 5.74) is 0.358. The topological polar surface area (TPSA) is 110 Å². The number of benzene rings is 1. The van der Waals surface area contributed by atoms with E-state index in [-0.39, 0.29) is 13.0 Å². The first kappa shape index (κ1) is 24.1. The van der Waals surface area contributed by atoms with Gasteiger partial charge in [-0.05, 0) is 25.5 Å². The highest BCUT2D eigenvalue weighted by molar-refractivity contribution is 5.89. The first-order valence-corrected chi connectivity index (χ1v) is 10.8. The molecule has 0 unspecified atom stereocenters. The van der Waals surface area contributed by atoms with Crippen molar-refractivity contribution in [1.82, 2.24) is 5.23 Å². The van der Waals surface area contributed by atoms with Crippen LogP contribution in [-0.4, -0.2) is 61.1 Å². The van der Waals surface area contributed by atoms with E-state index >= 15 is 0 Å². The van der Waals surface area contributed by atoms with Crippen LogP contribution in [0.15, 0.2) is 30.3 Å². The molecule has 5 atom stereocenters. The molecule has 0 aliphatic carbocycles. The zero-order valence-electron chi connectivity index (χ0n) is 18.4. The number of hydrogen-bond donors (Lipinski definition) is 0. The molecule has 0 saturated carbocycles. The monoisotopic (exact) mass is 451 g/mol. The van der Waals surface area contributed by atoms with Gasteiger partial charge in [-0.15, -0.1) is 0 Å². The average molecular weight is 451 g/mol. The second kappa shape index (κ2) is 11.4. The van der Waals surface area contributed by atoms with Gasteiger partial charge in [-0.3, -0.25) is 9.59 Å². The number of fused-ring (bicyclic) bond motifs is 1. The van der Waals surface area contributed by atoms with Crippen LogP contribution in [-0.2, 0) is 38.2 Å². The third kappa shape index (κ3) is 5.83. The molecule has 3 rings (SSSR count). The van der Waals surface area contributed by atoms with Gasteiger partial charge in [-0.2, -0.15) is 0 Å². The molecule has 0 amide bonds. The molecule has 10 nitrogen and oxygen atoms in total. The maximum Gasteiger partial charge on any atom is 0.338 e. The van der Waals surface area contributed by atoms with E-state index in [4.69, 9.17) is 28.6 Å². The van der Waals surface area contributed by atoms with Gasteiger partial charge in [-0.1, -0.05) is 36.8 Å². The quantitative estimate of drug-likeness (QED) is 0.315. The number of carbonyl (C=O) groups excluding carboxylic acids is 3. The first-order chi connectivity index (χ1) is 15.4. The molecule has 0 spiro atoms. The summed E-state index contributed by atoms with van der Waals surface area (Å²) in [7, 11) is 0. The highest BCUT2D eigenvalue weighted by atomic mass is 17.0. The summed E-state index contributed by atoms with van der Waals surface area (Å²) in [4.78, 5) is 48.4. The van der Waals surface area contributed by atoms with Crippen molar-refractivity contribution in [2.75, 3.05) is 13.2 Å². The third-order valence-corrected chi connectivity index (χ3v) is 5.05. The predicted octanol–water partition coefficient (Wildman–Crippen LogP) is 2.37. The van der Waals surface area contributed by atoms with Crippen molar-refractivity contribution in [1.29, 1.82) is 0 Å². The van der Waals surface area contributed by atoms with Crippen molar-refractivity contribution in [3.8, 4) is 0 Å². The summed E-state index contributed by atoms with van der Waals surface area (Å²) in [6, 6.07) is 7.60. The minimum atomic E-state index is -1.29. The Balaban J connectivity index is 1.85. The fourth-order valence-corrected chi connectivity index (χ4v) is 3.58. The lowest BCUT2D eigenvalue weighted by Crippen LogP contribution is -2.54. The smallest absolute Gasteiger partial charge is 0.338 e. The SMILES string of the molecule is CCCCO[C@@H]1C[C@H](OC(=O)c2ccccc2)[C@H]2[C@H](C(=O)OCC)[C@H](OC(C)=O)ON2O1.